The molecule has 5 heteroatoms. The third-order valence-electron chi connectivity index (χ3n) is 4.00. The van der Waals surface area contributed by atoms with E-state index in [2.05, 4.69) is 43.5 Å². The van der Waals surface area contributed by atoms with Gasteiger partial charge in [-0.25, -0.2) is 0 Å². The fraction of sp³-hybridized carbons (Fsp3) is 0.364. The van der Waals surface area contributed by atoms with E-state index in [9.17, 15) is 9.59 Å². The lowest BCUT2D eigenvalue weighted by molar-refractivity contribution is -0.116. The van der Waals surface area contributed by atoms with Crippen LogP contribution in [0.2, 0.25) is 0 Å². The van der Waals surface area contributed by atoms with Crippen LogP contribution in [0.4, 0.5) is 11.4 Å². The Balaban J connectivity index is 1.74. The Morgan fingerprint density at radius 2 is 1.59 bits per heavy atom. The van der Waals surface area contributed by atoms with E-state index >= 15 is 0 Å². The lowest BCUT2D eigenvalue weighted by Crippen LogP contribution is -2.13. The van der Waals surface area contributed by atoms with Gasteiger partial charge in [0.1, 0.15) is 5.75 Å². The Kier molecular flexibility index (Phi) is 6.99. The summed E-state index contributed by atoms with van der Waals surface area (Å²) in [4.78, 5) is 23.2. The number of rotatable bonds is 7. The molecule has 0 heterocycles. The van der Waals surface area contributed by atoms with Crippen molar-refractivity contribution in [1.29, 1.82) is 0 Å². The molecule has 144 valence electrons. The molecule has 0 bridgehead atoms. The summed E-state index contributed by atoms with van der Waals surface area (Å²) in [6.07, 6.45) is 0.989. The van der Waals surface area contributed by atoms with Crippen molar-refractivity contribution in [3.05, 3.63) is 54.1 Å². The summed E-state index contributed by atoms with van der Waals surface area (Å²) in [5.74, 6) is 0.583. The summed E-state index contributed by atoms with van der Waals surface area (Å²) in [5, 5.41) is 5.52. The van der Waals surface area contributed by atoms with Crippen LogP contribution in [0.3, 0.4) is 0 Å². The van der Waals surface area contributed by atoms with Gasteiger partial charge in [0.2, 0.25) is 11.8 Å². The van der Waals surface area contributed by atoms with E-state index < -0.39 is 0 Å². The maximum absolute atomic E-state index is 12.1. The topological polar surface area (TPSA) is 67.4 Å². The molecular weight excluding hydrogens is 340 g/mol. The van der Waals surface area contributed by atoms with E-state index in [1.165, 1.54) is 12.5 Å². The molecule has 5 nitrogen and oxygen atoms in total. The summed E-state index contributed by atoms with van der Waals surface area (Å²) in [5.41, 5.74) is 2.69. The number of carbonyl (C=O) groups is 2. The van der Waals surface area contributed by atoms with Gasteiger partial charge in [-0.1, -0.05) is 39.0 Å². The molecule has 0 unspecified atom stereocenters. The third-order valence-corrected chi connectivity index (χ3v) is 4.00. The summed E-state index contributed by atoms with van der Waals surface area (Å²) < 4.78 is 5.71. The highest BCUT2D eigenvalue weighted by molar-refractivity contribution is 5.93. The van der Waals surface area contributed by atoms with E-state index in [0.29, 0.717) is 30.8 Å². The van der Waals surface area contributed by atoms with Gasteiger partial charge in [-0.15, -0.1) is 0 Å². The fourth-order valence-electron chi connectivity index (χ4n) is 2.58. The SMILES string of the molecule is CC(=O)Nc1cccc(NC(=O)CCCOc2ccc(C(C)(C)C)cc2)c1. The van der Waals surface area contributed by atoms with Crippen LogP contribution in [0.25, 0.3) is 0 Å². The minimum Gasteiger partial charge on any atom is -0.494 e. The maximum Gasteiger partial charge on any atom is 0.224 e. The Morgan fingerprint density at radius 3 is 2.19 bits per heavy atom. The van der Waals surface area contributed by atoms with Crippen molar-refractivity contribution in [1.82, 2.24) is 0 Å². The molecule has 0 radical (unpaired) electrons. The molecule has 0 saturated heterocycles. The normalized spacial score (nSPS) is 11.0. The van der Waals surface area contributed by atoms with E-state index in [1.807, 2.05) is 12.1 Å². The minimum atomic E-state index is -0.147. The predicted octanol–water partition coefficient (Wildman–Crippen LogP) is 4.74. The third kappa shape index (κ3) is 7.13. The summed E-state index contributed by atoms with van der Waals surface area (Å²) in [7, 11) is 0. The molecule has 2 amide bonds. The van der Waals surface area contributed by atoms with Crippen molar-refractivity contribution in [2.24, 2.45) is 0 Å². The molecule has 0 fully saturated rings. The molecule has 2 N–H and O–H groups in total. The molecule has 2 aromatic rings. The second-order valence-corrected chi connectivity index (χ2v) is 7.54. The Hall–Kier alpha value is -2.82. The Morgan fingerprint density at radius 1 is 0.963 bits per heavy atom. The van der Waals surface area contributed by atoms with Gasteiger partial charge in [0, 0.05) is 24.7 Å². The van der Waals surface area contributed by atoms with Gasteiger partial charge >= 0.3 is 0 Å². The number of anilines is 2. The van der Waals surface area contributed by atoms with Crippen molar-refractivity contribution in [2.45, 2.75) is 46.0 Å². The van der Waals surface area contributed by atoms with Crippen LogP contribution >= 0.6 is 0 Å². The molecule has 0 atom stereocenters. The highest BCUT2D eigenvalue weighted by Gasteiger charge is 2.13. The van der Waals surface area contributed by atoms with Gasteiger partial charge in [-0.2, -0.15) is 0 Å². The van der Waals surface area contributed by atoms with Crippen molar-refractivity contribution in [3.63, 3.8) is 0 Å². The quantitative estimate of drug-likeness (QED) is 0.694. The number of carbonyl (C=O) groups excluding carboxylic acids is 2. The predicted molar refractivity (Wildman–Crippen MR) is 109 cm³/mol. The van der Waals surface area contributed by atoms with Gasteiger partial charge in [-0.3, -0.25) is 9.59 Å². The van der Waals surface area contributed by atoms with Crippen LogP contribution in [0.15, 0.2) is 48.5 Å². The van der Waals surface area contributed by atoms with Crippen molar-refractivity contribution in [3.8, 4) is 5.75 Å². The molecule has 27 heavy (non-hydrogen) atoms. The Bertz CT molecular complexity index is 777. The standard InChI is InChI=1S/C22H28N2O3/c1-16(25)23-18-7-5-8-19(15-18)24-21(26)9-6-14-27-20-12-10-17(11-13-20)22(2,3)4/h5,7-8,10-13,15H,6,9,14H2,1-4H3,(H,23,25)(H,24,26). The van der Waals surface area contributed by atoms with Gasteiger partial charge in [0.25, 0.3) is 0 Å². The largest absolute Gasteiger partial charge is 0.494 e. The van der Waals surface area contributed by atoms with Crippen LogP contribution in [0, 0.1) is 0 Å². The lowest BCUT2D eigenvalue weighted by atomic mass is 9.87. The van der Waals surface area contributed by atoms with Crippen LogP contribution in [-0.2, 0) is 15.0 Å². The summed E-state index contributed by atoms with van der Waals surface area (Å²) in [6.45, 7) is 8.45. The fourth-order valence-corrected chi connectivity index (χ4v) is 2.58. The van der Waals surface area contributed by atoms with E-state index in [4.69, 9.17) is 4.74 Å². The number of ether oxygens (including phenoxy) is 1. The lowest BCUT2D eigenvalue weighted by Gasteiger charge is -2.19. The molecule has 0 spiro atoms. The maximum atomic E-state index is 12.1. The number of amides is 2. The second kappa shape index (κ2) is 9.21. The summed E-state index contributed by atoms with van der Waals surface area (Å²) in [6, 6.07) is 15.2. The first kappa shape index (κ1) is 20.5. The van der Waals surface area contributed by atoms with Gasteiger partial charge < -0.3 is 15.4 Å². The Labute approximate surface area is 161 Å². The molecular formula is C22H28N2O3. The van der Waals surface area contributed by atoms with Gasteiger partial charge in [0.15, 0.2) is 0 Å². The molecule has 0 aliphatic carbocycles. The molecule has 0 saturated carbocycles. The molecule has 2 aromatic carbocycles. The molecule has 0 aromatic heterocycles. The summed E-state index contributed by atoms with van der Waals surface area (Å²) >= 11 is 0. The number of hydrogen-bond donors (Lipinski definition) is 2. The first-order valence-electron chi connectivity index (χ1n) is 9.15. The number of hydrogen-bond acceptors (Lipinski definition) is 3. The highest BCUT2D eigenvalue weighted by atomic mass is 16.5. The van der Waals surface area contributed by atoms with Gasteiger partial charge in [0.05, 0.1) is 6.61 Å². The number of nitrogens with one attached hydrogen (secondary N) is 2. The minimum absolute atomic E-state index is 0.0818. The first-order chi connectivity index (χ1) is 12.7. The average Bonchev–Trinajstić information content (AvgIpc) is 2.58. The van der Waals surface area contributed by atoms with Gasteiger partial charge in [-0.05, 0) is 47.7 Å². The van der Waals surface area contributed by atoms with Crippen LogP contribution in [-0.4, -0.2) is 18.4 Å². The van der Waals surface area contributed by atoms with Crippen molar-refractivity contribution >= 4 is 23.2 Å². The average molecular weight is 368 g/mol. The van der Waals surface area contributed by atoms with Crippen molar-refractivity contribution < 1.29 is 14.3 Å². The zero-order valence-corrected chi connectivity index (χ0v) is 16.5. The second-order valence-electron chi connectivity index (χ2n) is 7.54. The molecule has 0 aliphatic rings. The van der Waals surface area contributed by atoms with Crippen LogP contribution in [0.5, 0.6) is 5.75 Å². The smallest absolute Gasteiger partial charge is 0.224 e. The van der Waals surface area contributed by atoms with Crippen LogP contribution < -0.4 is 15.4 Å². The zero-order valence-electron chi connectivity index (χ0n) is 16.5. The molecule has 2 rings (SSSR count). The van der Waals surface area contributed by atoms with E-state index in [-0.39, 0.29) is 17.2 Å². The highest BCUT2D eigenvalue weighted by Crippen LogP contribution is 2.24. The molecule has 0 aliphatic heterocycles. The van der Waals surface area contributed by atoms with E-state index in [0.717, 1.165) is 5.75 Å². The van der Waals surface area contributed by atoms with Crippen molar-refractivity contribution in [2.75, 3.05) is 17.2 Å². The first-order valence-corrected chi connectivity index (χ1v) is 9.15. The van der Waals surface area contributed by atoms with E-state index in [1.54, 1.807) is 24.3 Å². The zero-order chi connectivity index (χ0) is 19.9. The monoisotopic (exact) mass is 368 g/mol. The van der Waals surface area contributed by atoms with Crippen LogP contribution in [0.1, 0.15) is 46.1 Å². The number of benzene rings is 2.